The van der Waals surface area contributed by atoms with Crippen LogP contribution in [0, 0.1) is 5.92 Å². The molecule has 0 aromatic carbocycles. The maximum atomic E-state index is 12.5. The molecule has 0 unspecified atom stereocenters. The van der Waals surface area contributed by atoms with Gasteiger partial charge in [0, 0.05) is 19.3 Å². The highest BCUT2D eigenvalue weighted by Crippen LogP contribution is 2.15. The largest absolute Gasteiger partial charge is 0.462 e. The third kappa shape index (κ3) is 33.8. The molecule has 0 amide bonds. The van der Waals surface area contributed by atoms with Crippen molar-refractivity contribution < 1.29 is 28.6 Å². The van der Waals surface area contributed by atoms with Crippen LogP contribution in [0.2, 0.25) is 0 Å². The standard InChI is InChI=1S/C40H76O6/c1-5-7-9-11-18-23-27-31-38(41)44-34-37(46-40(43)33-29-25-19-12-10-8-6-2)35-45-39(42)32-28-24-21-17-15-13-14-16-20-22-26-30-36(3)4/h36-37H,5-35H2,1-4H3/t37-/m0/s1. The fourth-order valence-electron chi connectivity index (χ4n) is 5.74. The minimum atomic E-state index is -0.755. The number of carbonyl (C=O) groups is 3. The van der Waals surface area contributed by atoms with Gasteiger partial charge in [0.05, 0.1) is 0 Å². The summed E-state index contributed by atoms with van der Waals surface area (Å²) < 4.78 is 16.5. The van der Waals surface area contributed by atoms with Gasteiger partial charge in [-0.2, -0.15) is 0 Å². The Morgan fingerprint density at radius 3 is 1.07 bits per heavy atom. The molecular weight excluding hydrogens is 576 g/mol. The predicted octanol–water partition coefficient (Wildman–Crippen LogP) is 12.0. The van der Waals surface area contributed by atoms with Crippen molar-refractivity contribution >= 4 is 17.9 Å². The maximum Gasteiger partial charge on any atom is 0.306 e. The van der Waals surface area contributed by atoms with Gasteiger partial charge in [-0.3, -0.25) is 14.4 Å². The normalized spacial score (nSPS) is 11.9. The van der Waals surface area contributed by atoms with Crippen LogP contribution in [0.1, 0.15) is 214 Å². The topological polar surface area (TPSA) is 78.9 Å². The van der Waals surface area contributed by atoms with E-state index in [0.29, 0.717) is 19.3 Å². The van der Waals surface area contributed by atoms with E-state index in [-0.39, 0.29) is 31.1 Å². The van der Waals surface area contributed by atoms with Gasteiger partial charge in [0.25, 0.3) is 0 Å². The molecule has 0 rings (SSSR count). The van der Waals surface area contributed by atoms with Crippen molar-refractivity contribution in [3.05, 3.63) is 0 Å². The summed E-state index contributed by atoms with van der Waals surface area (Å²) in [5.74, 6) is -0.0490. The molecule has 0 heterocycles. The van der Waals surface area contributed by atoms with E-state index in [0.717, 1.165) is 63.7 Å². The Morgan fingerprint density at radius 1 is 0.413 bits per heavy atom. The van der Waals surface area contributed by atoms with E-state index >= 15 is 0 Å². The van der Waals surface area contributed by atoms with Gasteiger partial charge in [0.2, 0.25) is 0 Å². The molecule has 6 nitrogen and oxygen atoms in total. The molecular formula is C40H76O6. The van der Waals surface area contributed by atoms with E-state index in [1.165, 1.54) is 109 Å². The molecule has 0 aliphatic heterocycles. The molecule has 0 aromatic heterocycles. The van der Waals surface area contributed by atoms with Crippen LogP contribution in [-0.4, -0.2) is 37.2 Å². The van der Waals surface area contributed by atoms with Gasteiger partial charge in [-0.25, -0.2) is 0 Å². The van der Waals surface area contributed by atoms with Crippen molar-refractivity contribution in [1.29, 1.82) is 0 Å². The zero-order valence-corrected chi connectivity index (χ0v) is 31.0. The van der Waals surface area contributed by atoms with Crippen LogP contribution in [0.5, 0.6) is 0 Å². The van der Waals surface area contributed by atoms with Crippen molar-refractivity contribution in [1.82, 2.24) is 0 Å². The highest BCUT2D eigenvalue weighted by atomic mass is 16.6. The van der Waals surface area contributed by atoms with Crippen LogP contribution < -0.4 is 0 Å². The molecule has 0 aliphatic carbocycles. The Bertz CT molecular complexity index is 691. The average Bonchev–Trinajstić information content (AvgIpc) is 3.03. The molecule has 0 fully saturated rings. The first-order valence-electron chi connectivity index (χ1n) is 19.9. The van der Waals surface area contributed by atoms with E-state index in [4.69, 9.17) is 14.2 Å². The van der Waals surface area contributed by atoms with Crippen molar-refractivity contribution in [2.45, 2.75) is 220 Å². The van der Waals surface area contributed by atoms with E-state index < -0.39 is 6.10 Å². The van der Waals surface area contributed by atoms with Crippen LogP contribution in [0.15, 0.2) is 0 Å². The molecule has 272 valence electrons. The van der Waals surface area contributed by atoms with Crippen LogP contribution >= 0.6 is 0 Å². The van der Waals surface area contributed by atoms with Crippen LogP contribution in [0.25, 0.3) is 0 Å². The molecule has 46 heavy (non-hydrogen) atoms. The van der Waals surface area contributed by atoms with Gasteiger partial charge in [-0.15, -0.1) is 0 Å². The van der Waals surface area contributed by atoms with Gasteiger partial charge in [-0.1, -0.05) is 175 Å². The number of hydrogen-bond acceptors (Lipinski definition) is 6. The summed E-state index contributed by atoms with van der Waals surface area (Å²) in [6, 6.07) is 0. The Kier molecular flexibility index (Phi) is 33.5. The summed E-state index contributed by atoms with van der Waals surface area (Å²) in [5, 5.41) is 0. The second-order valence-electron chi connectivity index (χ2n) is 14.0. The average molecular weight is 653 g/mol. The third-order valence-electron chi connectivity index (χ3n) is 8.79. The SMILES string of the molecule is CCCCCCCCCC(=O)OC[C@@H](COC(=O)CCCCCCCCCCCCCC(C)C)OC(=O)CCCCCCCCC. The molecule has 6 heteroatoms. The lowest BCUT2D eigenvalue weighted by Gasteiger charge is -2.18. The Balaban J connectivity index is 4.23. The van der Waals surface area contributed by atoms with Crippen molar-refractivity contribution in [3.8, 4) is 0 Å². The Morgan fingerprint density at radius 2 is 0.717 bits per heavy atom. The lowest BCUT2D eigenvalue weighted by Crippen LogP contribution is -2.30. The van der Waals surface area contributed by atoms with Gasteiger partial charge in [-0.05, 0) is 25.2 Å². The van der Waals surface area contributed by atoms with Crippen molar-refractivity contribution in [3.63, 3.8) is 0 Å². The number of ether oxygens (including phenoxy) is 3. The minimum Gasteiger partial charge on any atom is -0.462 e. The van der Waals surface area contributed by atoms with E-state index in [1.807, 2.05) is 0 Å². The van der Waals surface area contributed by atoms with E-state index in [1.54, 1.807) is 0 Å². The number of rotatable bonds is 35. The molecule has 0 saturated carbocycles. The van der Waals surface area contributed by atoms with Crippen LogP contribution in [0.4, 0.5) is 0 Å². The molecule has 0 N–H and O–H groups in total. The highest BCUT2D eigenvalue weighted by Gasteiger charge is 2.19. The summed E-state index contributed by atoms with van der Waals surface area (Å²) in [6.07, 6.45) is 31.1. The zero-order chi connectivity index (χ0) is 33.9. The number of unbranched alkanes of at least 4 members (excludes halogenated alkanes) is 22. The van der Waals surface area contributed by atoms with Crippen LogP contribution in [0.3, 0.4) is 0 Å². The lowest BCUT2D eigenvalue weighted by atomic mass is 10.0. The van der Waals surface area contributed by atoms with Crippen molar-refractivity contribution in [2.24, 2.45) is 5.92 Å². The third-order valence-corrected chi connectivity index (χ3v) is 8.79. The molecule has 1 atom stereocenters. The first kappa shape index (κ1) is 44.4. The van der Waals surface area contributed by atoms with E-state index in [9.17, 15) is 14.4 Å². The maximum absolute atomic E-state index is 12.5. The molecule has 0 radical (unpaired) electrons. The summed E-state index contributed by atoms with van der Waals surface area (Å²) in [7, 11) is 0. The molecule has 0 aliphatic rings. The summed E-state index contributed by atoms with van der Waals surface area (Å²) in [6.45, 7) is 8.88. The van der Waals surface area contributed by atoms with E-state index in [2.05, 4.69) is 27.7 Å². The first-order chi connectivity index (χ1) is 22.4. The van der Waals surface area contributed by atoms with Gasteiger partial charge < -0.3 is 14.2 Å². The number of hydrogen-bond donors (Lipinski definition) is 0. The molecule has 0 aromatic rings. The van der Waals surface area contributed by atoms with Crippen molar-refractivity contribution in [2.75, 3.05) is 13.2 Å². The second kappa shape index (κ2) is 34.7. The highest BCUT2D eigenvalue weighted by molar-refractivity contribution is 5.71. The summed E-state index contributed by atoms with van der Waals surface area (Å²) in [5.41, 5.74) is 0. The van der Waals surface area contributed by atoms with Gasteiger partial charge in [0.15, 0.2) is 6.10 Å². The lowest BCUT2D eigenvalue weighted by molar-refractivity contribution is -0.167. The number of carbonyl (C=O) groups excluding carboxylic acids is 3. The summed E-state index contributed by atoms with van der Waals surface area (Å²) >= 11 is 0. The molecule has 0 spiro atoms. The fraction of sp³-hybridized carbons (Fsp3) is 0.925. The second-order valence-corrected chi connectivity index (χ2v) is 14.0. The predicted molar refractivity (Wildman–Crippen MR) is 192 cm³/mol. The van der Waals surface area contributed by atoms with Gasteiger partial charge >= 0.3 is 17.9 Å². The minimum absolute atomic E-state index is 0.0657. The molecule has 0 saturated heterocycles. The Labute approximate surface area is 285 Å². The summed E-state index contributed by atoms with van der Waals surface area (Å²) in [4.78, 5) is 37.2. The van der Waals surface area contributed by atoms with Gasteiger partial charge in [0.1, 0.15) is 13.2 Å². The number of esters is 3. The Hall–Kier alpha value is -1.59. The zero-order valence-electron chi connectivity index (χ0n) is 31.0. The smallest absolute Gasteiger partial charge is 0.306 e. The van der Waals surface area contributed by atoms with Crippen LogP contribution in [-0.2, 0) is 28.6 Å². The fourth-order valence-corrected chi connectivity index (χ4v) is 5.74. The first-order valence-corrected chi connectivity index (χ1v) is 19.9. The monoisotopic (exact) mass is 653 g/mol. The quantitative estimate of drug-likeness (QED) is 0.0385. The molecule has 0 bridgehead atoms.